The summed E-state index contributed by atoms with van der Waals surface area (Å²) in [6.07, 6.45) is -1.66. The molecule has 2 aromatic rings. The first kappa shape index (κ1) is 18.5. The van der Waals surface area contributed by atoms with Crippen LogP contribution in [0.1, 0.15) is 35.3 Å². The Balaban J connectivity index is 1.82. The fraction of sp³-hybridized carbons (Fsp3) is 0.333. The molecule has 0 unspecified atom stereocenters. The van der Waals surface area contributed by atoms with E-state index in [1.54, 1.807) is 24.3 Å². The van der Waals surface area contributed by atoms with Gasteiger partial charge in [0.05, 0.1) is 5.56 Å². The maximum atomic E-state index is 13.4. The molecule has 0 spiro atoms. The van der Waals surface area contributed by atoms with E-state index in [1.807, 2.05) is 0 Å². The maximum absolute atomic E-state index is 13.4. The van der Waals surface area contributed by atoms with Crippen LogP contribution in [-0.2, 0) is 6.18 Å². The van der Waals surface area contributed by atoms with Crippen molar-refractivity contribution in [2.75, 3.05) is 11.9 Å². The van der Waals surface area contributed by atoms with Crippen molar-refractivity contribution in [2.45, 2.75) is 25.4 Å². The van der Waals surface area contributed by atoms with E-state index in [4.69, 9.17) is 11.6 Å². The molecule has 0 atom stereocenters. The van der Waals surface area contributed by atoms with Crippen molar-refractivity contribution in [3.8, 4) is 0 Å². The van der Waals surface area contributed by atoms with E-state index in [1.165, 1.54) is 6.07 Å². The van der Waals surface area contributed by atoms with Gasteiger partial charge in [-0.3, -0.25) is 4.79 Å². The zero-order chi connectivity index (χ0) is 18.7. The number of halogens is 4. The molecule has 3 rings (SSSR count). The zero-order valence-electron chi connectivity index (χ0n) is 13.7. The van der Waals surface area contributed by atoms with Crippen LogP contribution in [-0.4, -0.2) is 17.4 Å². The number of pyridine rings is 1. The van der Waals surface area contributed by atoms with E-state index in [-0.39, 0.29) is 5.82 Å². The van der Waals surface area contributed by atoms with Crippen LogP contribution in [0.3, 0.4) is 0 Å². The lowest BCUT2D eigenvalue weighted by atomic mass is 9.85. The van der Waals surface area contributed by atoms with Crippen molar-refractivity contribution in [3.63, 3.8) is 0 Å². The number of anilines is 2. The number of carbonyl (C=O) groups is 1. The minimum absolute atomic E-state index is 0.0184. The van der Waals surface area contributed by atoms with Gasteiger partial charge in [0.25, 0.3) is 5.91 Å². The third kappa shape index (κ3) is 4.46. The average molecular weight is 384 g/mol. The highest BCUT2D eigenvalue weighted by Gasteiger charge is 2.37. The van der Waals surface area contributed by atoms with E-state index >= 15 is 0 Å². The first-order valence-electron chi connectivity index (χ1n) is 8.22. The SMILES string of the molecule is O=C(NCC1CCC1)c1ccc(Nc2cccc(Cl)c2)nc1C(F)(F)F. The number of hydrogen-bond acceptors (Lipinski definition) is 3. The van der Waals surface area contributed by atoms with Crippen LogP contribution in [0, 0.1) is 5.92 Å². The van der Waals surface area contributed by atoms with Crippen molar-refractivity contribution < 1.29 is 18.0 Å². The van der Waals surface area contributed by atoms with Gasteiger partial charge < -0.3 is 10.6 Å². The summed E-state index contributed by atoms with van der Waals surface area (Å²) in [5.41, 5.74) is -1.19. The Bertz CT molecular complexity index is 807. The summed E-state index contributed by atoms with van der Waals surface area (Å²) in [6.45, 7) is 0.388. The van der Waals surface area contributed by atoms with Gasteiger partial charge >= 0.3 is 6.18 Å². The molecule has 1 aliphatic rings. The number of hydrogen-bond donors (Lipinski definition) is 2. The molecule has 1 heterocycles. The Morgan fingerprint density at radius 3 is 2.62 bits per heavy atom. The Hall–Kier alpha value is -2.28. The molecular formula is C18H17ClF3N3O. The summed E-state index contributed by atoms with van der Waals surface area (Å²) >= 11 is 5.87. The zero-order valence-corrected chi connectivity index (χ0v) is 14.5. The first-order chi connectivity index (χ1) is 12.3. The molecule has 138 valence electrons. The molecule has 26 heavy (non-hydrogen) atoms. The predicted octanol–water partition coefficient (Wildman–Crippen LogP) is 5.03. The van der Waals surface area contributed by atoms with Crippen LogP contribution in [0.2, 0.25) is 5.02 Å². The average Bonchev–Trinajstić information content (AvgIpc) is 2.52. The van der Waals surface area contributed by atoms with E-state index in [9.17, 15) is 18.0 Å². The molecule has 1 aromatic heterocycles. The minimum Gasteiger partial charge on any atom is -0.352 e. The van der Waals surface area contributed by atoms with Gasteiger partial charge in [0, 0.05) is 17.3 Å². The van der Waals surface area contributed by atoms with E-state index in [0.717, 1.165) is 25.3 Å². The van der Waals surface area contributed by atoms with Crippen molar-refractivity contribution >= 4 is 29.0 Å². The molecule has 1 saturated carbocycles. The summed E-state index contributed by atoms with van der Waals surface area (Å²) < 4.78 is 40.1. The molecule has 1 aliphatic carbocycles. The molecule has 8 heteroatoms. The number of amides is 1. The Kier molecular flexibility index (Phi) is 5.36. The van der Waals surface area contributed by atoms with Gasteiger partial charge in [-0.2, -0.15) is 13.2 Å². The summed E-state index contributed by atoms with van der Waals surface area (Å²) in [4.78, 5) is 15.8. The van der Waals surface area contributed by atoms with Gasteiger partial charge in [-0.05, 0) is 49.1 Å². The monoisotopic (exact) mass is 383 g/mol. The van der Waals surface area contributed by atoms with Crippen LogP contribution < -0.4 is 10.6 Å². The quantitative estimate of drug-likeness (QED) is 0.761. The fourth-order valence-corrected chi connectivity index (χ4v) is 2.86. The molecular weight excluding hydrogens is 367 g/mol. The van der Waals surface area contributed by atoms with Crippen molar-refractivity contribution in [1.82, 2.24) is 10.3 Å². The highest BCUT2D eigenvalue weighted by atomic mass is 35.5. The van der Waals surface area contributed by atoms with Crippen molar-refractivity contribution in [3.05, 3.63) is 52.7 Å². The highest BCUT2D eigenvalue weighted by molar-refractivity contribution is 6.30. The number of rotatable bonds is 5. The van der Waals surface area contributed by atoms with Gasteiger partial charge in [0.1, 0.15) is 5.82 Å². The van der Waals surface area contributed by atoms with E-state index < -0.39 is 23.3 Å². The number of alkyl halides is 3. The van der Waals surface area contributed by atoms with E-state index in [0.29, 0.717) is 23.2 Å². The molecule has 1 aromatic carbocycles. The number of aromatic nitrogens is 1. The van der Waals surface area contributed by atoms with Crippen LogP contribution >= 0.6 is 11.6 Å². The number of nitrogens with one attached hydrogen (secondary N) is 2. The normalized spacial score (nSPS) is 14.6. The van der Waals surface area contributed by atoms with Crippen LogP contribution in [0.5, 0.6) is 0 Å². The molecule has 1 fully saturated rings. The first-order valence-corrected chi connectivity index (χ1v) is 8.60. The molecule has 1 amide bonds. The summed E-state index contributed by atoms with van der Waals surface area (Å²) in [5, 5.41) is 5.78. The molecule has 0 bridgehead atoms. The number of carbonyl (C=O) groups excluding carboxylic acids is 1. The second-order valence-electron chi connectivity index (χ2n) is 6.23. The van der Waals surface area contributed by atoms with Crippen LogP contribution in [0.25, 0.3) is 0 Å². The van der Waals surface area contributed by atoms with Gasteiger partial charge in [0.15, 0.2) is 5.69 Å². The minimum atomic E-state index is -4.74. The second kappa shape index (κ2) is 7.53. The van der Waals surface area contributed by atoms with Gasteiger partial charge in [-0.15, -0.1) is 0 Å². The third-order valence-corrected chi connectivity index (χ3v) is 4.52. The van der Waals surface area contributed by atoms with Gasteiger partial charge in [-0.25, -0.2) is 4.98 Å². The van der Waals surface area contributed by atoms with Gasteiger partial charge in [-0.1, -0.05) is 24.1 Å². The lowest BCUT2D eigenvalue weighted by Crippen LogP contribution is -2.33. The standard InChI is InChI=1S/C18H17ClF3N3O/c19-12-5-2-6-13(9-12)24-15-8-7-14(16(25-15)18(20,21)22)17(26)23-10-11-3-1-4-11/h2,5-9,11H,1,3-4,10H2,(H,23,26)(H,24,25). The van der Waals surface area contributed by atoms with E-state index in [2.05, 4.69) is 15.6 Å². The smallest absolute Gasteiger partial charge is 0.352 e. The number of benzene rings is 1. The fourth-order valence-electron chi connectivity index (χ4n) is 2.67. The topological polar surface area (TPSA) is 54.0 Å². The van der Waals surface area contributed by atoms with Crippen molar-refractivity contribution in [2.24, 2.45) is 5.92 Å². The molecule has 2 N–H and O–H groups in total. The summed E-state index contributed by atoms with van der Waals surface area (Å²) in [5.74, 6) is -0.425. The highest BCUT2D eigenvalue weighted by Crippen LogP contribution is 2.32. The molecule has 0 radical (unpaired) electrons. The summed E-state index contributed by atoms with van der Waals surface area (Å²) in [7, 11) is 0. The van der Waals surface area contributed by atoms with Gasteiger partial charge in [0.2, 0.25) is 0 Å². The maximum Gasteiger partial charge on any atom is 0.434 e. The number of nitrogens with zero attached hydrogens (tertiary/aromatic N) is 1. The molecule has 0 saturated heterocycles. The van der Waals surface area contributed by atoms with Crippen molar-refractivity contribution in [1.29, 1.82) is 0 Å². The van der Waals surface area contributed by atoms with Crippen LogP contribution in [0.4, 0.5) is 24.7 Å². The molecule has 4 nitrogen and oxygen atoms in total. The summed E-state index contributed by atoms with van der Waals surface area (Å²) in [6, 6.07) is 9.01. The third-order valence-electron chi connectivity index (χ3n) is 4.28. The lowest BCUT2D eigenvalue weighted by Gasteiger charge is -2.25. The molecule has 0 aliphatic heterocycles. The Morgan fingerprint density at radius 1 is 1.23 bits per heavy atom. The largest absolute Gasteiger partial charge is 0.434 e. The lowest BCUT2D eigenvalue weighted by molar-refractivity contribution is -0.141. The van der Waals surface area contributed by atoms with Crippen LogP contribution in [0.15, 0.2) is 36.4 Å². The predicted molar refractivity (Wildman–Crippen MR) is 93.6 cm³/mol. The Labute approximate surface area is 153 Å². The second-order valence-corrected chi connectivity index (χ2v) is 6.67. The Morgan fingerprint density at radius 2 is 2.00 bits per heavy atom.